The Kier molecular flexibility index (Phi) is 3.75. The predicted octanol–water partition coefficient (Wildman–Crippen LogP) is 2.58. The second-order valence-electron chi connectivity index (χ2n) is 6.15. The van der Waals surface area contributed by atoms with Crippen LogP contribution in [-0.2, 0) is 4.79 Å². The van der Waals surface area contributed by atoms with Crippen molar-refractivity contribution < 1.29 is 19.6 Å². The van der Waals surface area contributed by atoms with Gasteiger partial charge in [-0.05, 0) is 30.9 Å². The summed E-state index contributed by atoms with van der Waals surface area (Å²) in [6.07, 6.45) is 2.12. The second kappa shape index (κ2) is 5.49. The van der Waals surface area contributed by atoms with Crippen molar-refractivity contribution in [1.82, 2.24) is 4.90 Å². The topological polar surface area (TPSA) is 101 Å². The molecule has 8 heteroatoms. The van der Waals surface area contributed by atoms with Gasteiger partial charge in [-0.2, -0.15) is 0 Å². The minimum Gasteiger partial charge on any atom is -0.481 e. The molecular weight excluding hydrogens is 324 g/mol. The number of carbonyl (C=O) groups excluding carboxylic acids is 1. The highest BCUT2D eigenvalue weighted by Gasteiger charge is 2.56. The largest absolute Gasteiger partial charge is 0.481 e. The molecule has 122 valence electrons. The monoisotopic (exact) mass is 338 g/mol. The molecule has 1 N–H and O–H groups in total. The van der Waals surface area contributed by atoms with E-state index in [1.807, 2.05) is 0 Å². The van der Waals surface area contributed by atoms with Crippen LogP contribution >= 0.6 is 11.6 Å². The molecule has 1 amide bonds. The number of carbonyl (C=O) groups is 2. The Morgan fingerprint density at radius 2 is 2.17 bits per heavy atom. The molecule has 3 rings (SSSR count). The predicted molar refractivity (Wildman–Crippen MR) is 81.4 cm³/mol. The number of benzene rings is 1. The SMILES string of the molecule is O=C(c1cc(Cl)ccc1[N+](=O)[O-])N1C[C@@H]2CCC[C@@]2(C(=O)O)C1. The maximum absolute atomic E-state index is 12.7. The zero-order valence-electron chi connectivity index (χ0n) is 12.2. The summed E-state index contributed by atoms with van der Waals surface area (Å²) in [5, 5.41) is 20.9. The van der Waals surface area contributed by atoms with Gasteiger partial charge in [-0.1, -0.05) is 18.0 Å². The number of aliphatic carboxylic acids is 1. The van der Waals surface area contributed by atoms with Gasteiger partial charge in [-0.15, -0.1) is 0 Å². The van der Waals surface area contributed by atoms with E-state index in [0.717, 1.165) is 12.8 Å². The Bertz CT molecular complexity index is 707. The Morgan fingerprint density at radius 1 is 1.43 bits per heavy atom. The molecule has 2 fully saturated rings. The first kappa shape index (κ1) is 15.7. The third-order valence-electron chi connectivity index (χ3n) is 4.97. The number of carboxylic acid groups (broad SMARTS) is 1. The van der Waals surface area contributed by atoms with Crippen LogP contribution in [0.3, 0.4) is 0 Å². The van der Waals surface area contributed by atoms with Crippen molar-refractivity contribution in [2.24, 2.45) is 11.3 Å². The van der Waals surface area contributed by atoms with Gasteiger partial charge in [-0.25, -0.2) is 0 Å². The normalized spacial score (nSPS) is 26.1. The average Bonchev–Trinajstić information content (AvgIpc) is 3.03. The molecule has 1 saturated heterocycles. The fourth-order valence-electron chi connectivity index (χ4n) is 3.80. The van der Waals surface area contributed by atoms with Crippen LogP contribution in [0.4, 0.5) is 5.69 Å². The minimum atomic E-state index is -0.914. The fraction of sp³-hybridized carbons (Fsp3) is 0.467. The first-order valence-corrected chi connectivity index (χ1v) is 7.69. The molecule has 0 unspecified atom stereocenters. The zero-order chi connectivity index (χ0) is 16.8. The molecule has 0 spiro atoms. The lowest BCUT2D eigenvalue weighted by Crippen LogP contribution is -2.37. The highest BCUT2D eigenvalue weighted by molar-refractivity contribution is 6.31. The Morgan fingerprint density at radius 3 is 2.78 bits per heavy atom. The molecule has 0 radical (unpaired) electrons. The molecule has 2 aliphatic rings. The van der Waals surface area contributed by atoms with Crippen molar-refractivity contribution in [1.29, 1.82) is 0 Å². The maximum Gasteiger partial charge on any atom is 0.311 e. The lowest BCUT2D eigenvalue weighted by Gasteiger charge is -2.23. The van der Waals surface area contributed by atoms with Crippen molar-refractivity contribution in [2.45, 2.75) is 19.3 Å². The van der Waals surface area contributed by atoms with Crippen molar-refractivity contribution in [3.63, 3.8) is 0 Å². The van der Waals surface area contributed by atoms with Gasteiger partial charge >= 0.3 is 5.97 Å². The summed E-state index contributed by atoms with van der Waals surface area (Å²) in [4.78, 5) is 36.3. The van der Waals surface area contributed by atoms with Crippen LogP contribution in [-0.4, -0.2) is 39.9 Å². The molecule has 1 saturated carbocycles. The molecule has 1 aromatic carbocycles. The van der Waals surface area contributed by atoms with E-state index in [2.05, 4.69) is 0 Å². The van der Waals surface area contributed by atoms with E-state index >= 15 is 0 Å². The van der Waals surface area contributed by atoms with Crippen molar-refractivity contribution in [3.8, 4) is 0 Å². The molecular formula is C15H15ClN2O5. The number of nitro groups is 1. The van der Waals surface area contributed by atoms with Crippen LogP contribution in [0.25, 0.3) is 0 Å². The van der Waals surface area contributed by atoms with E-state index < -0.39 is 22.2 Å². The summed E-state index contributed by atoms with van der Waals surface area (Å²) in [7, 11) is 0. The van der Waals surface area contributed by atoms with Gasteiger partial charge in [0.05, 0.1) is 10.3 Å². The lowest BCUT2D eigenvalue weighted by atomic mass is 9.81. The highest BCUT2D eigenvalue weighted by atomic mass is 35.5. The molecule has 2 atom stereocenters. The molecule has 1 aromatic rings. The molecule has 0 bridgehead atoms. The molecule has 7 nitrogen and oxygen atoms in total. The Hall–Kier alpha value is -2.15. The zero-order valence-corrected chi connectivity index (χ0v) is 13.0. The van der Waals surface area contributed by atoms with E-state index in [0.29, 0.717) is 13.0 Å². The van der Waals surface area contributed by atoms with Crippen LogP contribution < -0.4 is 0 Å². The number of fused-ring (bicyclic) bond motifs is 1. The number of amides is 1. The summed E-state index contributed by atoms with van der Waals surface area (Å²) >= 11 is 5.86. The number of hydrogen-bond acceptors (Lipinski definition) is 4. The van der Waals surface area contributed by atoms with Crippen LogP contribution in [0.15, 0.2) is 18.2 Å². The highest BCUT2D eigenvalue weighted by Crippen LogP contribution is 2.49. The van der Waals surface area contributed by atoms with Gasteiger partial charge in [0.15, 0.2) is 0 Å². The van der Waals surface area contributed by atoms with Crippen molar-refractivity contribution in [2.75, 3.05) is 13.1 Å². The van der Waals surface area contributed by atoms with E-state index in [1.165, 1.54) is 23.1 Å². The van der Waals surface area contributed by atoms with Gasteiger partial charge < -0.3 is 10.0 Å². The molecule has 23 heavy (non-hydrogen) atoms. The van der Waals surface area contributed by atoms with E-state index in [1.54, 1.807) is 0 Å². The number of nitro benzene ring substituents is 1. The maximum atomic E-state index is 12.7. The number of halogens is 1. The summed E-state index contributed by atoms with van der Waals surface area (Å²) in [5.74, 6) is -1.52. The average molecular weight is 339 g/mol. The molecule has 1 aliphatic heterocycles. The number of nitrogens with zero attached hydrogens (tertiary/aromatic N) is 2. The first-order chi connectivity index (χ1) is 10.8. The lowest BCUT2D eigenvalue weighted by molar-refractivity contribution is -0.385. The third-order valence-corrected chi connectivity index (χ3v) is 5.20. The van der Waals surface area contributed by atoms with E-state index in [4.69, 9.17) is 11.6 Å². The Balaban J connectivity index is 1.93. The van der Waals surface area contributed by atoms with Crippen LogP contribution in [0.1, 0.15) is 29.6 Å². The minimum absolute atomic E-state index is 0.0928. The molecule has 0 aromatic heterocycles. The summed E-state index contributed by atoms with van der Waals surface area (Å²) < 4.78 is 0. The Labute approximate surface area is 137 Å². The first-order valence-electron chi connectivity index (χ1n) is 7.32. The molecule has 1 heterocycles. The van der Waals surface area contributed by atoms with Gasteiger partial charge in [0.2, 0.25) is 0 Å². The third kappa shape index (κ3) is 2.45. The van der Waals surface area contributed by atoms with Crippen LogP contribution in [0.5, 0.6) is 0 Å². The number of likely N-dealkylation sites (tertiary alicyclic amines) is 1. The number of carboxylic acids is 1. The van der Waals surface area contributed by atoms with Crippen LogP contribution in [0, 0.1) is 21.4 Å². The van der Waals surface area contributed by atoms with Crippen molar-refractivity contribution in [3.05, 3.63) is 38.9 Å². The summed E-state index contributed by atoms with van der Waals surface area (Å²) in [6.45, 7) is 0.407. The van der Waals surface area contributed by atoms with Gasteiger partial charge in [-0.3, -0.25) is 19.7 Å². The summed E-state index contributed by atoms with van der Waals surface area (Å²) in [6, 6.07) is 3.82. The van der Waals surface area contributed by atoms with E-state index in [-0.39, 0.29) is 28.7 Å². The standard InChI is InChI=1S/C15H15ClN2O5/c16-10-3-4-12(18(22)23)11(6-10)13(19)17-7-9-2-1-5-15(9,8-17)14(20)21/h3-4,6,9H,1-2,5,7-8H2,(H,20,21)/t9-,15+/m0/s1. The van der Waals surface area contributed by atoms with Gasteiger partial charge in [0.1, 0.15) is 5.56 Å². The number of hydrogen-bond donors (Lipinski definition) is 1. The molecule has 1 aliphatic carbocycles. The van der Waals surface area contributed by atoms with Gasteiger partial charge in [0, 0.05) is 24.2 Å². The smallest absolute Gasteiger partial charge is 0.311 e. The number of rotatable bonds is 3. The fourth-order valence-corrected chi connectivity index (χ4v) is 3.97. The summed E-state index contributed by atoms with van der Waals surface area (Å²) in [5.41, 5.74) is -1.33. The quantitative estimate of drug-likeness (QED) is 0.674. The van der Waals surface area contributed by atoms with Crippen LogP contribution in [0.2, 0.25) is 5.02 Å². The second-order valence-corrected chi connectivity index (χ2v) is 6.59. The van der Waals surface area contributed by atoms with Crippen molar-refractivity contribution >= 4 is 29.2 Å². The van der Waals surface area contributed by atoms with Gasteiger partial charge in [0.25, 0.3) is 11.6 Å². The van der Waals surface area contributed by atoms with E-state index in [9.17, 15) is 24.8 Å².